The van der Waals surface area contributed by atoms with E-state index >= 15 is 0 Å². The van der Waals surface area contributed by atoms with E-state index in [4.69, 9.17) is 9.47 Å². The number of piperazine rings is 1. The highest BCUT2D eigenvalue weighted by molar-refractivity contribution is 5.79. The molecule has 0 atom stereocenters. The number of hydrogen-bond donors (Lipinski definition) is 0. The Morgan fingerprint density at radius 3 is 2.60 bits per heavy atom. The molecule has 1 aromatic heterocycles. The Morgan fingerprint density at radius 2 is 1.83 bits per heavy atom. The molecule has 2 aliphatic rings. The summed E-state index contributed by atoms with van der Waals surface area (Å²) < 4.78 is 13.0. The van der Waals surface area contributed by atoms with Gasteiger partial charge in [-0.3, -0.25) is 9.69 Å². The Morgan fingerprint density at radius 1 is 1.00 bits per heavy atom. The fourth-order valence-electron chi connectivity index (χ4n) is 4.29. The van der Waals surface area contributed by atoms with Crippen molar-refractivity contribution in [1.29, 1.82) is 0 Å². The lowest BCUT2D eigenvalue weighted by molar-refractivity contribution is -0.132. The second-order valence-electron chi connectivity index (χ2n) is 8.01. The molecule has 162 valence electrons. The van der Waals surface area contributed by atoms with Gasteiger partial charge in [-0.15, -0.1) is 10.2 Å². The van der Waals surface area contributed by atoms with Crippen LogP contribution in [0.25, 0.3) is 0 Å². The van der Waals surface area contributed by atoms with E-state index in [1.165, 1.54) is 19.3 Å². The average molecular weight is 414 g/mol. The minimum atomic E-state index is 0.134. The van der Waals surface area contributed by atoms with Gasteiger partial charge in [0, 0.05) is 50.8 Å². The van der Waals surface area contributed by atoms with Crippen molar-refractivity contribution >= 4 is 5.91 Å². The molecule has 8 heteroatoms. The molecule has 0 bridgehead atoms. The van der Waals surface area contributed by atoms with E-state index in [1.54, 1.807) is 14.2 Å². The fourth-order valence-corrected chi connectivity index (χ4v) is 4.29. The highest BCUT2D eigenvalue weighted by Gasteiger charge is 2.24. The minimum absolute atomic E-state index is 0.134. The van der Waals surface area contributed by atoms with Crippen molar-refractivity contribution < 1.29 is 14.3 Å². The molecule has 8 nitrogen and oxygen atoms in total. The first-order chi connectivity index (χ1) is 14.7. The zero-order valence-corrected chi connectivity index (χ0v) is 18.0. The Hall–Kier alpha value is -2.61. The van der Waals surface area contributed by atoms with Crippen LogP contribution in [0.5, 0.6) is 11.5 Å². The number of rotatable bonds is 6. The summed E-state index contributed by atoms with van der Waals surface area (Å²) in [6.45, 7) is 5.01. The van der Waals surface area contributed by atoms with Crippen LogP contribution in [0, 0.1) is 0 Å². The summed E-state index contributed by atoms with van der Waals surface area (Å²) in [6.07, 6.45) is 5.05. The molecule has 1 amide bonds. The van der Waals surface area contributed by atoms with Crippen molar-refractivity contribution in [2.24, 2.45) is 0 Å². The number of carbonyl (C=O) groups excluding carboxylic acids is 1. The Kier molecular flexibility index (Phi) is 6.52. The van der Waals surface area contributed by atoms with E-state index < -0.39 is 0 Å². The van der Waals surface area contributed by atoms with Crippen LogP contribution in [0.1, 0.15) is 36.5 Å². The van der Waals surface area contributed by atoms with E-state index in [9.17, 15) is 4.79 Å². The van der Waals surface area contributed by atoms with Crippen LogP contribution in [-0.4, -0.2) is 70.9 Å². The second kappa shape index (κ2) is 9.47. The first-order valence-corrected chi connectivity index (χ1v) is 10.8. The molecule has 0 unspecified atom stereocenters. The molecule has 1 saturated heterocycles. The number of ether oxygens (including phenoxy) is 2. The molecule has 2 aliphatic heterocycles. The van der Waals surface area contributed by atoms with Crippen LogP contribution in [0.2, 0.25) is 0 Å². The number of benzene rings is 1. The smallest absolute Gasteiger partial charge is 0.227 e. The maximum Gasteiger partial charge on any atom is 0.227 e. The Bertz CT molecular complexity index is 874. The molecule has 0 saturated carbocycles. The van der Waals surface area contributed by atoms with Crippen LogP contribution >= 0.6 is 0 Å². The molecule has 0 N–H and O–H groups in total. The number of aromatic nitrogens is 3. The summed E-state index contributed by atoms with van der Waals surface area (Å²) in [5, 5.41) is 8.85. The third-order valence-electron chi connectivity index (χ3n) is 6.11. The molecule has 1 fully saturated rings. The highest BCUT2D eigenvalue weighted by atomic mass is 16.5. The SMILES string of the molecule is COc1ccc(CC(=O)N2CCN(Cc3nnc4n3CCCCC4)CC2)c(OC)c1. The van der Waals surface area contributed by atoms with Gasteiger partial charge in [-0.25, -0.2) is 0 Å². The van der Waals surface area contributed by atoms with Crippen molar-refractivity contribution in [3.8, 4) is 11.5 Å². The molecule has 2 aromatic rings. The zero-order chi connectivity index (χ0) is 20.9. The largest absolute Gasteiger partial charge is 0.497 e. The van der Waals surface area contributed by atoms with Crippen LogP contribution in [0.4, 0.5) is 0 Å². The van der Waals surface area contributed by atoms with Gasteiger partial charge in [0.25, 0.3) is 0 Å². The molecule has 0 radical (unpaired) electrons. The number of aryl methyl sites for hydroxylation is 1. The summed E-state index contributed by atoms with van der Waals surface area (Å²) in [5.41, 5.74) is 0.886. The first kappa shape index (κ1) is 20.7. The molecule has 3 heterocycles. The van der Waals surface area contributed by atoms with Gasteiger partial charge in [-0.05, 0) is 18.9 Å². The average Bonchev–Trinajstić information content (AvgIpc) is 3.00. The molecule has 4 rings (SSSR count). The predicted molar refractivity (Wildman–Crippen MR) is 113 cm³/mol. The van der Waals surface area contributed by atoms with Crippen molar-refractivity contribution in [3.05, 3.63) is 35.4 Å². The lowest BCUT2D eigenvalue weighted by Crippen LogP contribution is -2.49. The maximum atomic E-state index is 12.8. The third kappa shape index (κ3) is 4.59. The first-order valence-electron chi connectivity index (χ1n) is 10.8. The number of carbonyl (C=O) groups is 1. The van der Waals surface area contributed by atoms with Gasteiger partial charge in [0.1, 0.15) is 23.1 Å². The van der Waals surface area contributed by atoms with Crippen LogP contribution in [-0.2, 0) is 30.7 Å². The minimum Gasteiger partial charge on any atom is -0.497 e. The van der Waals surface area contributed by atoms with Gasteiger partial charge in [0.05, 0.1) is 27.2 Å². The lowest BCUT2D eigenvalue weighted by Gasteiger charge is -2.34. The summed E-state index contributed by atoms with van der Waals surface area (Å²) in [6, 6.07) is 5.59. The molecule has 30 heavy (non-hydrogen) atoms. The van der Waals surface area contributed by atoms with Gasteiger partial charge in [0.15, 0.2) is 0 Å². The maximum absolute atomic E-state index is 12.8. The normalized spacial score (nSPS) is 17.3. The Balaban J connectivity index is 1.31. The standard InChI is InChI=1S/C22H31N5O3/c1-29-18-8-7-17(19(15-18)30-2)14-22(28)26-12-10-25(11-13-26)16-21-24-23-20-6-4-3-5-9-27(20)21/h7-8,15H,3-6,9-14,16H2,1-2H3. The van der Waals surface area contributed by atoms with Gasteiger partial charge >= 0.3 is 0 Å². The van der Waals surface area contributed by atoms with Gasteiger partial charge in [-0.2, -0.15) is 0 Å². The number of nitrogens with zero attached hydrogens (tertiary/aromatic N) is 5. The highest BCUT2D eigenvalue weighted by Crippen LogP contribution is 2.25. The zero-order valence-electron chi connectivity index (χ0n) is 18.0. The van der Waals surface area contributed by atoms with Gasteiger partial charge < -0.3 is 18.9 Å². The molecule has 0 aliphatic carbocycles. The number of fused-ring (bicyclic) bond motifs is 1. The van der Waals surface area contributed by atoms with E-state index in [2.05, 4.69) is 19.7 Å². The van der Waals surface area contributed by atoms with Crippen LogP contribution in [0.15, 0.2) is 18.2 Å². The molecule has 0 spiro atoms. The topological polar surface area (TPSA) is 72.7 Å². The summed E-state index contributed by atoms with van der Waals surface area (Å²) in [7, 11) is 3.24. The summed E-state index contributed by atoms with van der Waals surface area (Å²) in [5.74, 6) is 3.74. The molecule has 1 aromatic carbocycles. The predicted octanol–water partition coefficient (Wildman–Crippen LogP) is 1.91. The second-order valence-corrected chi connectivity index (χ2v) is 8.01. The van der Waals surface area contributed by atoms with Crippen molar-refractivity contribution in [3.63, 3.8) is 0 Å². The summed E-state index contributed by atoms with van der Waals surface area (Å²) >= 11 is 0. The van der Waals surface area contributed by atoms with Crippen molar-refractivity contribution in [1.82, 2.24) is 24.6 Å². The summed E-state index contributed by atoms with van der Waals surface area (Å²) in [4.78, 5) is 17.2. The van der Waals surface area contributed by atoms with Crippen molar-refractivity contribution in [2.75, 3.05) is 40.4 Å². The fraction of sp³-hybridized carbons (Fsp3) is 0.591. The third-order valence-corrected chi connectivity index (χ3v) is 6.11. The number of hydrogen-bond acceptors (Lipinski definition) is 6. The lowest BCUT2D eigenvalue weighted by atomic mass is 10.1. The van der Waals surface area contributed by atoms with Gasteiger partial charge in [0.2, 0.25) is 5.91 Å². The van der Waals surface area contributed by atoms with E-state index in [1.807, 2.05) is 23.1 Å². The monoisotopic (exact) mass is 413 g/mol. The number of methoxy groups -OCH3 is 2. The van der Waals surface area contributed by atoms with E-state index in [0.717, 1.165) is 68.7 Å². The van der Waals surface area contributed by atoms with Crippen LogP contribution < -0.4 is 9.47 Å². The molecular formula is C22H31N5O3. The Labute approximate surface area is 177 Å². The quantitative estimate of drug-likeness (QED) is 0.720. The van der Waals surface area contributed by atoms with E-state index in [0.29, 0.717) is 12.2 Å². The van der Waals surface area contributed by atoms with Crippen LogP contribution in [0.3, 0.4) is 0 Å². The van der Waals surface area contributed by atoms with E-state index in [-0.39, 0.29) is 5.91 Å². The molecular weight excluding hydrogens is 382 g/mol. The van der Waals surface area contributed by atoms with Gasteiger partial charge in [-0.1, -0.05) is 12.5 Å². The van der Waals surface area contributed by atoms with Crippen molar-refractivity contribution in [2.45, 2.75) is 45.2 Å². The number of amides is 1.